The molecule has 2 aliphatic heterocycles. The Bertz CT molecular complexity index is 860. The van der Waals surface area contributed by atoms with Gasteiger partial charge in [-0.05, 0) is 45.2 Å². The number of rotatable bonds is 4. The molecule has 2 heterocycles. The Morgan fingerprint density at radius 3 is 2.63 bits per heavy atom. The lowest BCUT2D eigenvalue weighted by Gasteiger charge is -2.31. The maximum atomic E-state index is 13.1. The number of fused-ring (bicyclic) bond motifs is 1. The van der Waals surface area contributed by atoms with E-state index in [1.54, 1.807) is 19.9 Å². The summed E-state index contributed by atoms with van der Waals surface area (Å²) in [6.07, 6.45) is 0.320. The molecule has 0 radical (unpaired) electrons. The van der Waals surface area contributed by atoms with Crippen molar-refractivity contribution in [2.45, 2.75) is 44.6 Å². The number of benzene rings is 1. The average molecular weight is 395 g/mol. The highest BCUT2D eigenvalue weighted by Gasteiger charge is 2.34. The number of ether oxygens (including phenoxy) is 1. The second-order valence-electron chi connectivity index (χ2n) is 6.94. The summed E-state index contributed by atoms with van der Waals surface area (Å²) in [6.45, 7) is 6.34. The Hall–Kier alpha value is -2.13. The Kier molecular flexibility index (Phi) is 5.43. The minimum absolute atomic E-state index is 0.0161. The molecule has 0 aromatic heterocycles. The standard InChI is InChI=1S/C18H25N3O5S/c1-4-19-18(23)13-5-7-21(8-6-13)27(24,25)16-10-15-14(9-11(16)2)20-17(22)12(3)26-15/h9-10,12-13H,4-8H2,1-3H3,(H,19,23)(H,20,22)/t12-/m1/s1. The predicted molar refractivity (Wildman–Crippen MR) is 100 cm³/mol. The molecule has 1 saturated heterocycles. The molecule has 0 unspecified atom stereocenters. The summed E-state index contributed by atoms with van der Waals surface area (Å²) in [4.78, 5) is 23.9. The van der Waals surface area contributed by atoms with Crippen LogP contribution in [0.25, 0.3) is 0 Å². The maximum Gasteiger partial charge on any atom is 0.265 e. The minimum Gasteiger partial charge on any atom is -0.479 e. The zero-order valence-corrected chi connectivity index (χ0v) is 16.6. The van der Waals surface area contributed by atoms with Crippen LogP contribution in [0.5, 0.6) is 5.75 Å². The van der Waals surface area contributed by atoms with Gasteiger partial charge in [0.05, 0.1) is 10.6 Å². The molecule has 0 aliphatic carbocycles. The van der Waals surface area contributed by atoms with Gasteiger partial charge in [-0.2, -0.15) is 4.31 Å². The average Bonchev–Trinajstić information content (AvgIpc) is 2.63. The number of nitrogens with zero attached hydrogens (tertiary/aromatic N) is 1. The van der Waals surface area contributed by atoms with Gasteiger partial charge in [-0.25, -0.2) is 8.42 Å². The van der Waals surface area contributed by atoms with Crippen LogP contribution in [-0.4, -0.2) is 50.3 Å². The molecule has 8 nitrogen and oxygen atoms in total. The van der Waals surface area contributed by atoms with Crippen LogP contribution >= 0.6 is 0 Å². The summed E-state index contributed by atoms with van der Waals surface area (Å²) in [5, 5.41) is 5.52. The number of amides is 2. The van der Waals surface area contributed by atoms with Crippen molar-refractivity contribution in [3.63, 3.8) is 0 Å². The van der Waals surface area contributed by atoms with Crippen LogP contribution in [0, 0.1) is 12.8 Å². The van der Waals surface area contributed by atoms with E-state index in [0.29, 0.717) is 49.5 Å². The fraction of sp³-hybridized carbons (Fsp3) is 0.556. The van der Waals surface area contributed by atoms with Gasteiger partial charge in [-0.1, -0.05) is 0 Å². The van der Waals surface area contributed by atoms with Crippen molar-refractivity contribution in [3.8, 4) is 5.75 Å². The molecule has 27 heavy (non-hydrogen) atoms. The summed E-state index contributed by atoms with van der Waals surface area (Å²) in [5.74, 6) is -0.0773. The molecule has 1 atom stereocenters. The molecule has 1 fully saturated rings. The first-order valence-corrected chi connectivity index (χ1v) is 10.6. The van der Waals surface area contributed by atoms with E-state index >= 15 is 0 Å². The van der Waals surface area contributed by atoms with Crippen LogP contribution in [-0.2, 0) is 19.6 Å². The van der Waals surface area contributed by atoms with Gasteiger partial charge in [-0.15, -0.1) is 0 Å². The Morgan fingerprint density at radius 1 is 1.33 bits per heavy atom. The Balaban J connectivity index is 1.81. The van der Waals surface area contributed by atoms with Crippen molar-refractivity contribution in [1.82, 2.24) is 9.62 Å². The molecule has 1 aromatic carbocycles. The predicted octanol–water partition coefficient (Wildman–Crippen LogP) is 1.25. The first-order valence-electron chi connectivity index (χ1n) is 9.14. The van der Waals surface area contributed by atoms with Crippen molar-refractivity contribution < 1.29 is 22.7 Å². The van der Waals surface area contributed by atoms with Crippen LogP contribution < -0.4 is 15.4 Å². The third kappa shape index (κ3) is 3.79. The summed E-state index contributed by atoms with van der Waals surface area (Å²) in [5.41, 5.74) is 1.02. The smallest absolute Gasteiger partial charge is 0.265 e. The van der Waals surface area contributed by atoms with Gasteiger partial charge < -0.3 is 15.4 Å². The number of carbonyl (C=O) groups excluding carboxylic acids is 2. The van der Waals surface area contributed by atoms with Gasteiger partial charge in [0, 0.05) is 31.6 Å². The Morgan fingerprint density at radius 2 is 2.00 bits per heavy atom. The van der Waals surface area contributed by atoms with Gasteiger partial charge in [-0.3, -0.25) is 9.59 Å². The van der Waals surface area contributed by atoms with Gasteiger partial charge >= 0.3 is 0 Å². The number of nitrogens with one attached hydrogen (secondary N) is 2. The first kappa shape index (κ1) is 19.6. The van der Waals surface area contributed by atoms with Crippen molar-refractivity contribution >= 4 is 27.5 Å². The molecule has 9 heteroatoms. The number of hydrogen-bond donors (Lipinski definition) is 2. The molecule has 0 saturated carbocycles. The minimum atomic E-state index is -3.71. The van der Waals surface area contributed by atoms with E-state index in [4.69, 9.17) is 4.74 Å². The first-order chi connectivity index (χ1) is 12.7. The van der Waals surface area contributed by atoms with Crippen molar-refractivity contribution in [1.29, 1.82) is 0 Å². The van der Waals surface area contributed by atoms with Crippen LogP contribution in [0.1, 0.15) is 32.3 Å². The summed E-state index contributed by atoms with van der Waals surface area (Å²) in [7, 11) is -3.71. The number of carbonyl (C=O) groups is 2. The number of sulfonamides is 1. The van der Waals surface area contributed by atoms with Gasteiger partial charge in [0.15, 0.2) is 6.10 Å². The van der Waals surface area contributed by atoms with Crippen LogP contribution in [0.2, 0.25) is 0 Å². The van der Waals surface area contributed by atoms with Gasteiger partial charge in [0.25, 0.3) is 5.91 Å². The molecule has 1 aromatic rings. The molecule has 0 spiro atoms. The SMILES string of the molecule is CCNC(=O)C1CCN(S(=O)(=O)c2cc3c(cc2C)NC(=O)[C@@H](C)O3)CC1. The van der Waals surface area contributed by atoms with E-state index in [1.807, 2.05) is 6.92 Å². The molecule has 2 amide bonds. The maximum absolute atomic E-state index is 13.1. The second-order valence-corrected chi connectivity index (χ2v) is 8.84. The van der Waals surface area contributed by atoms with Crippen LogP contribution in [0.3, 0.4) is 0 Å². The number of anilines is 1. The van der Waals surface area contributed by atoms with Crippen LogP contribution in [0.4, 0.5) is 5.69 Å². The second kappa shape index (κ2) is 7.47. The summed E-state index contributed by atoms with van der Waals surface area (Å²) >= 11 is 0. The van der Waals surface area contributed by atoms with Crippen LogP contribution in [0.15, 0.2) is 17.0 Å². The van der Waals surface area contributed by atoms with E-state index in [-0.39, 0.29) is 22.6 Å². The van der Waals surface area contributed by atoms with E-state index in [0.717, 1.165) is 0 Å². The third-order valence-corrected chi connectivity index (χ3v) is 7.04. The highest BCUT2D eigenvalue weighted by atomic mass is 32.2. The zero-order valence-electron chi connectivity index (χ0n) is 15.7. The fourth-order valence-corrected chi connectivity index (χ4v) is 5.13. The van der Waals surface area contributed by atoms with Crippen molar-refractivity contribution in [3.05, 3.63) is 17.7 Å². The van der Waals surface area contributed by atoms with E-state index in [2.05, 4.69) is 10.6 Å². The molecule has 0 bridgehead atoms. The Labute approximate surface area is 159 Å². The van der Waals surface area contributed by atoms with E-state index in [9.17, 15) is 18.0 Å². The summed E-state index contributed by atoms with van der Waals surface area (Å²) in [6, 6.07) is 3.10. The molecule has 2 aliphatic rings. The zero-order chi connectivity index (χ0) is 19.8. The molecule has 148 valence electrons. The monoisotopic (exact) mass is 395 g/mol. The quantitative estimate of drug-likeness (QED) is 0.798. The highest BCUT2D eigenvalue weighted by molar-refractivity contribution is 7.89. The normalized spacial score (nSPS) is 21.1. The van der Waals surface area contributed by atoms with E-state index in [1.165, 1.54) is 10.4 Å². The highest BCUT2D eigenvalue weighted by Crippen LogP contribution is 2.36. The largest absolute Gasteiger partial charge is 0.479 e. The van der Waals surface area contributed by atoms with Gasteiger partial charge in [0.1, 0.15) is 5.75 Å². The van der Waals surface area contributed by atoms with Crippen molar-refractivity contribution in [2.75, 3.05) is 25.0 Å². The summed E-state index contributed by atoms with van der Waals surface area (Å²) < 4.78 is 33.2. The number of hydrogen-bond acceptors (Lipinski definition) is 5. The fourth-order valence-electron chi connectivity index (χ4n) is 3.44. The lowest BCUT2D eigenvalue weighted by Crippen LogP contribution is -2.43. The molecule has 2 N–H and O–H groups in total. The molecular formula is C18H25N3O5S. The third-order valence-electron chi connectivity index (χ3n) is 5.00. The lowest BCUT2D eigenvalue weighted by molar-refractivity contribution is -0.126. The van der Waals surface area contributed by atoms with Gasteiger partial charge in [0.2, 0.25) is 15.9 Å². The topological polar surface area (TPSA) is 105 Å². The number of piperidine rings is 1. The van der Waals surface area contributed by atoms with E-state index < -0.39 is 16.1 Å². The molecular weight excluding hydrogens is 370 g/mol. The molecule has 3 rings (SSSR count). The lowest BCUT2D eigenvalue weighted by atomic mass is 9.97. The van der Waals surface area contributed by atoms with Crippen molar-refractivity contribution in [2.24, 2.45) is 5.92 Å². The number of aryl methyl sites for hydroxylation is 1.